The number of nitrogens with zero attached hydrogens (tertiary/aromatic N) is 1. The molecule has 2 N–H and O–H groups in total. The Morgan fingerprint density at radius 1 is 0.926 bits per heavy atom. The van der Waals surface area contributed by atoms with Gasteiger partial charge in [-0.3, -0.25) is 4.79 Å². The fraction of sp³-hybridized carbons (Fsp3) is 0.0952. The van der Waals surface area contributed by atoms with Gasteiger partial charge in [0.15, 0.2) is 0 Å². The van der Waals surface area contributed by atoms with Crippen LogP contribution in [0.25, 0.3) is 0 Å². The highest BCUT2D eigenvalue weighted by Gasteiger charge is 2.11. The summed E-state index contributed by atoms with van der Waals surface area (Å²) < 4.78 is 5.68. The molecular weight excluding hydrogens is 344 g/mol. The van der Waals surface area contributed by atoms with Crippen molar-refractivity contribution in [2.24, 2.45) is 0 Å². The van der Waals surface area contributed by atoms with Crippen LogP contribution in [0.5, 0.6) is 0 Å². The van der Waals surface area contributed by atoms with Crippen molar-refractivity contribution in [1.82, 2.24) is 4.98 Å². The average Bonchev–Trinajstić information content (AvgIpc) is 2.70. The molecule has 1 aromatic heterocycles. The van der Waals surface area contributed by atoms with Crippen molar-refractivity contribution in [3.8, 4) is 0 Å². The van der Waals surface area contributed by atoms with Crippen LogP contribution in [0.1, 0.15) is 32.0 Å². The average molecular weight is 362 g/mol. The molecule has 0 unspecified atom stereocenters. The van der Waals surface area contributed by atoms with Crippen molar-refractivity contribution in [1.29, 1.82) is 0 Å². The first-order valence-corrected chi connectivity index (χ1v) is 8.33. The second kappa shape index (κ2) is 8.73. The number of aromatic carboxylic acids is 1. The van der Waals surface area contributed by atoms with Crippen LogP contribution >= 0.6 is 0 Å². The van der Waals surface area contributed by atoms with Gasteiger partial charge in [0.2, 0.25) is 0 Å². The lowest BCUT2D eigenvalue weighted by atomic mass is 10.2. The number of nitrogens with one attached hydrogen (secondary N) is 1. The summed E-state index contributed by atoms with van der Waals surface area (Å²) in [5.74, 6) is -1.57. The molecule has 0 saturated carbocycles. The number of carbonyl (C=O) groups excluding carboxylic acids is 1. The van der Waals surface area contributed by atoms with Gasteiger partial charge in [0.05, 0.1) is 13.2 Å². The molecule has 2 aromatic carbocycles. The van der Waals surface area contributed by atoms with Crippen LogP contribution in [-0.2, 0) is 18.0 Å². The molecule has 0 radical (unpaired) electrons. The van der Waals surface area contributed by atoms with Gasteiger partial charge in [-0.25, -0.2) is 9.78 Å². The van der Waals surface area contributed by atoms with E-state index in [4.69, 9.17) is 9.84 Å². The molecule has 0 fully saturated rings. The highest BCUT2D eigenvalue weighted by molar-refractivity contribution is 6.05. The highest BCUT2D eigenvalue weighted by atomic mass is 16.5. The lowest BCUT2D eigenvalue weighted by Gasteiger charge is -2.08. The van der Waals surface area contributed by atoms with E-state index in [-0.39, 0.29) is 11.3 Å². The molecule has 0 saturated heterocycles. The summed E-state index contributed by atoms with van der Waals surface area (Å²) in [7, 11) is 0. The Kier molecular flexibility index (Phi) is 5.91. The zero-order valence-corrected chi connectivity index (χ0v) is 14.5. The number of hydrogen-bond acceptors (Lipinski definition) is 4. The molecule has 136 valence electrons. The van der Waals surface area contributed by atoms with Crippen LogP contribution in [0, 0.1) is 0 Å². The molecule has 3 rings (SSSR count). The van der Waals surface area contributed by atoms with Crippen LogP contribution in [0.2, 0.25) is 0 Å². The Balaban J connectivity index is 1.55. The molecule has 27 heavy (non-hydrogen) atoms. The van der Waals surface area contributed by atoms with Gasteiger partial charge < -0.3 is 15.2 Å². The molecule has 0 aliphatic heterocycles. The summed E-state index contributed by atoms with van der Waals surface area (Å²) in [6, 6.07) is 19.9. The first-order chi connectivity index (χ1) is 13.1. The Hall–Kier alpha value is -3.51. The first-order valence-electron chi connectivity index (χ1n) is 8.33. The van der Waals surface area contributed by atoms with Crippen LogP contribution in [0.15, 0.2) is 72.9 Å². The molecule has 6 heteroatoms. The monoisotopic (exact) mass is 362 g/mol. The zero-order valence-electron chi connectivity index (χ0n) is 14.5. The van der Waals surface area contributed by atoms with E-state index in [1.165, 1.54) is 18.3 Å². The number of ether oxygens (including phenoxy) is 1. The van der Waals surface area contributed by atoms with E-state index >= 15 is 0 Å². The van der Waals surface area contributed by atoms with E-state index in [0.717, 1.165) is 11.1 Å². The number of rotatable bonds is 7. The van der Waals surface area contributed by atoms with E-state index in [1.54, 1.807) is 12.1 Å². The molecule has 0 aliphatic rings. The number of benzene rings is 2. The number of aromatic nitrogens is 1. The van der Waals surface area contributed by atoms with E-state index < -0.39 is 11.9 Å². The largest absolute Gasteiger partial charge is 0.477 e. The maximum Gasteiger partial charge on any atom is 0.354 e. The third-order valence-electron chi connectivity index (χ3n) is 3.83. The van der Waals surface area contributed by atoms with Gasteiger partial charge in [-0.1, -0.05) is 42.5 Å². The Morgan fingerprint density at radius 3 is 2.26 bits per heavy atom. The summed E-state index contributed by atoms with van der Waals surface area (Å²) in [5.41, 5.74) is 2.77. The fourth-order valence-corrected chi connectivity index (χ4v) is 2.44. The molecule has 0 atom stereocenters. The molecular formula is C21H18N2O4. The van der Waals surface area contributed by atoms with Gasteiger partial charge in [-0.2, -0.15) is 0 Å². The minimum Gasteiger partial charge on any atom is -0.477 e. The van der Waals surface area contributed by atoms with Crippen LogP contribution in [0.3, 0.4) is 0 Å². The first kappa shape index (κ1) is 18.3. The van der Waals surface area contributed by atoms with E-state index in [9.17, 15) is 9.59 Å². The predicted molar refractivity (Wildman–Crippen MR) is 101 cm³/mol. The normalized spacial score (nSPS) is 10.4. The van der Waals surface area contributed by atoms with Crippen LogP contribution in [-0.4, -0.2) is 22.0 Å². The lowest BCUT2D eigenvalue weighted by Crippen LogP contribution is -2.13. The molecule has 1 amide bonds. The van der Waals surface area contributed by atoms with Gasteiger partial charge in [-0.15, -0.1) is 0 Å². The summed E-state index contributed by atoms with van der Waals surface area (Å²) in [6.45, 7) is 1.00. The minimum absolute atomic E-state index is 0.173. The van der Waals surface area contributed by atoms with Crippen molar-refractivity contribution in [2.75, 3.05) is 5.32 Å². The third kappa shape index (κ3) is 5.23. The number of anilines is 1. The smallest absolute Gasteiger partial charge is 0.354 e. The lowest BCUT2D eigenvalue weighted by molar-refractivity contribution is 0.0690. The summed E-state index contributed by atoms with van der Waals surface area (Å²) >= 11 is 0. The molecule has 0 bridgehead atoms. The zero-order chi connectivity index (χ0) is 19.1. The number of carboxylic acids is 1. The Bertz CT molecular complexity index is 924. The van der Waals surface area contributed by atoms with Gasteiger partial charge in [-0.05, 0) is 35.4 Å². The molecule has 0 spiro atoms. The summed E-state index contributed by atoms with van der Waals surface area (Å²) in [6.07, 6.45) is 1.30. The van der Waals surface area contributed by atoms with Crippen molar-refractivity contribution in [3.63, 3.8) is 0 Å². The molecule has 3 aromatic rings. The fourth-order valence-electron chi connectivity index (χ4n) is 2.44. The van der Waals surface area contributed by atoms with Crippen molar-refractivity contribution >= 4 is 17.6 Å². The van der Waals surface area contributed by atoms with Gasteiger partial charge in [0.1, 0.15) is 5.69 Å². The van der Waals surface area contributed by atoms with Crippen molar-refractivity contribution in [3.05, 3.63) is 95.3 Å². The topological polar surface area (TPSA) is 88.5 Å². The SMILES string of the molecule is O=C(Nc1ccc(COCc2ccccc2)cc1)c1ccnc(C(=O)O)c1. The minimum atomic E-state index is -1.18. The van der Waals surface area contributed by atoms with E-state index in [0.29, 0.717) is 18.9 Å². The predicted octanol–water partition coefficient (Wildman–Crippen LogP) is 3.75. The van der Waals surface area contributed by atoms with Crippen LogP contribution in [0.4, 0.5) is 5.69 Å². The molecule has 0 aliphatic carbocycles. The number of carbonyl (C=O) groups is 2. The number of hydrogen-bond donors (Lipinski definition) is 2. The highest BCUT2D eigenvalue weighted by Crippen LogP contribution is 2.13. The molecule has 6 nitrogen and oxygen atoms in total. The second-order valence-corrected chi connectivity index (χ2v) is 5.86. The Labute approximate surface area is 156 Å². The quantitative estimate of drug-likeness (QED) is 0.668. The van der Waals surface area contributed by atoms with E-state index in [1.807, 2.05) is 42.5 Å². The summed E-state index contributed by atoms with van der Waals surface area (Å²) in [4.78, 5) is 26.9. The summed E-state index contributed by atoms with van der Waals surface area (Å²) in [5, 5.41) is 11.7. The third-order valence-corrected chi connectivity index (χ3v) is 3.83. The second-order valence-electron chi connectivity index (χ2n) is 5.86. The van der Waals surface area contributed by atoms with Crippen LogP contribution < -0.4 is 5.32 Å². The maximum absolute atomic E-state index is 12.2. The molecule has 1 heterocycles. The standard InChI is InChI=1S/C21H18N2O4/c24-20(17-10-11-22-19(12-17)21(25)26)23-18-8-6-16(7-9-18)14-27-13-15-4-2-1-3-5-15/h1-12H,13-14H2,(H,23,24)(H,25,26). The van der Waals surface area contributed by atoms with E-state index in [2.05, 4.69) is 10.3 Å². The van der Waals surface area contributed by atoms with Crippen molar-refractivity contribution in [2.45, 2.75) is 13.2 Å². The van der Waals surface area contributed by atoms with Gasteiger partial charge >= 0.3 is 5.97 Å². The Morgan fingerprint density at radius 2 is 1.59 bits per heavy atom. The van der Waals surface area contributed by atoms with Crippen molar-refractivity contribution < 1.29 is 19.4 Å². The number of pyridine rings is 1. The number of amides is 1. The maximum atomic E-state index is 12.2. The van der Waals surface area contributed by atoms with Gasteiger partial charge in [0, 0.05) is 17.4 Å². The number of carboxylic acid groups (broad SMARTS) is 1. The van der Waals surface area contributed by atoms with Gasteiger partial charge in [0.25, 0.3) is 5.91 Å².